The van der Waals surface area contributed by atoms with Crippen molar-refractivity contribution in [1.82, 2.24) is 0 Å². The number of allylic oxidation sites excluding steroid dienone is 4. The summed E-state index contributed by atoms with van der Waals surface area (Å²) in [6, 6.07) is 22.5. The second-order valence-corrected chi connectivity index (χ2v) is 6.33. The molecule has 118 valence electrons. The molecule has 1 atom stereocenters. The van der Waals surface area contributed by atoms with Crippen molar-refractivity contribution in [2.45, 2.75) is 19.4 Å². The first-order chi connectivity index (χ1) is 11.8. The maximum atomic E-state index is 11.2. The molecule has 0 aromatic heterocycles. The number of aliphatic hydroxyl groups excluding tert-OH is 1. The van der Waals surface area contributed by atoms with Crippen LogP contribution in [0.4, 0.5) is 0 Å². The largest absolute Gasteiger partial charge is 0.384 e. The van der Waals surface area contributed by atoms with Crippen LogP contribution in [-0.2, 0) is 0 Å². The zero-order chi connectivity index (χ0) is 16.5. The van der Waals surface area contributed by atoms with Gasteiger partial charge in [0, 0.05) is 5.56 Å². The van der Waals surface area contributed by atoms with Gasteiger partial charge in [-0.15, -0.1) is 0 Å². The lowest BCUT2D eigenvalue weighted by Gasteiger charge is -2.20. The van der Waals surface area contributed by atoms with E-state index in [1.54, 1.807) is 0 Å². The molecule has 0 aliphatic heterocycles. The number of hydrogen-bond donors (Lipinski definition) is 1. The number of fused-ring (bicyclic) bond motifs is 1. The number of benzene rings is 3. The van der Waals surface area contributed by atoms with Gasteiger partial charge in [0.15, 0.2) is 0 Å². The first kappa shape index (κ1) is 14.9. The molecule has 3 aromatic rings. The van der Waals surface area contributed by atoms with Gasteiger partial charge >= 0.3 is 0 Å². The molecule has 0 heterocycles. The lowest BCUT2D eigenvalue weighted by Crippen LogP contribution is -2.05. The van der Waals surface area contributed by atoms with Crippen LogP contribution in [0, 0.1) is 0 Å². The fourth-order valence-electron chi connectivity index (χ4n) is 3.59. The predicted octanol–water partition coefficient (Wildman–Crippen LogP) is 5.65. The monoisotopic (exact) mass is 312 g/mol. The van der Waals surface area contributed by atoms with Crippen molar-refractivity contribution < 1.29 is 5.11 Å². The third-order valence-electron chi connectivity index (χ3n) is 4.85. The van der Waals surface area contributed by atoms with E-state index in [1.807, 2.05) is 42.5 Å². The van der Waals surface area contributed by atoms with Gasteiger partial charge in [-0.05, 0) is 46.4 Å². The smallest absolute Gasteiger partial charge is 0.105 e. The predicted molar refractivity (Wildman–Crippen MR) is 101 cm³/mol. The molecule has 0 fully saturated rings. The fourth-order valence-corrected chi connectivity index (χ4v) is 3.59. The third-order valence-corrected chi connectivity index (χ3v) is 4.85. The van der Waals surface area contributed by atoms with Crippen molar-refractivity contribution >= 4 is 16.3 Å². The molecule has 1 N–H and O–H groups in total. The minimum absolute atomic E-state index is 0.631. The summed E-state index contributed by atoms with van der Waals surface area (Å²) in [4.78, 5) is 0. The molecular weight excluding hydrogens is 292 g/mol. The molecule has 1 nitrogen and oxygen atoms in total. The van der Waals surface area contributed by atoms with Crippen molar-refractivity contribution in [2.75, 3.05) is 0 Å². The van der Waals surface area contributed by atoms with Crippen LogP contribution in [0.5, 0.6) is 0 Å². The summed E-state index contributed by atoms with van der Waals surface area (Å²) < 4.78 is 0. The normalized spacial score (nSPS) is 15.2. The Bertz CT molecular complexity index is 948. The van der Waals surface area contributed by atoms with Gasteiger partial charge in [0.1, 0.15) is 6.10 Å². The van der Waals surface area contributed by atoms with Gasteiger partial charge in [0.2, 0.25) is 0 Å². The Morgan fingerprint density at radius 3 is 2.38 bits per heavy atom. The van der Waals surface area contributed by atoms with Gasteiger partial charge in [-0.1, -0.05) is 78.9 Å². The van der Waals surface area contributed by atoms with E-state index in [-0.39, 0.29) is 0 Å². The lowest BCUT2D eigenvalue weighted by molar-refractivity contribution is 0.221. The van der Waals surface area contributed by atoms with Crippen LogP contribution < -0.4 is 0 Å². The van der Waals surface area contributed by atoms with Gasteiger partial charge in [-0.3, -0.25) is 0 Å². The molecule has 1 aliphatic rings. The van der Waals surface area contributed by atoms with Crippen molar-refractivity contribution in [3.8, 4) is 0 Å². The Morgan fingerprint density at radius 2 is 1.62 bits per heavy atom. The van der Waals surface area contributed by atoms with Crippen LogP contribution in [0.1, 0.15) is 36.1 Å². The average Bonchev–Trinajstić information content (AvgIpc) is 3.06. The molecular formula is C23H20O. The van der Waals surface area contributed by atoms with Gasteiger partial charge < -0.3 is 5.11 Å². The van der Waals surface area contributed by atoms with E-state index in [4.69, 9.17) is 0 Å². The number of rotatable bonds is 3. The highest BCUT2D eigenvalue weighted by Gasteiger charge is 2.21. The number of hydrogen-bond acceptors (Lipinski definition) is 1. The van der Waals surface area contributed by atoms with E-state index in [0.29, 0.717) is 0 Å². The maximum absolute atomic E-state index is 11.2. The van der Waals surface area contributed by atoms with Gasteiger partial charge in [-0.2, -0.15) is 0 Å². The van der Waals surface area contributed by atoms with Gasteiger partial charge in [0.05, 0.1) is 0 Å². The SMILES string of the molecule is CC1=C(c2ccc3ccccc3c2C(O)c2ccccc2)CC=C1. The zero-order valence-corrected chi connectivity index (χ0v) is 13.7. The van der Waals surface area contributed by atoms with E-state index < -0.39 is 6.10 Å². The highest BCUT2D eigenvalue weighted by molar-refractivity contribution is 5.92. The summed E-state index contributed by atoms with van der Waals surface area (Å²) in [5.41, 5.74) is 5.70. The first-order valence-electron chi connectivity index (χ1n) is 8.37. The quantitative estimate of drug-likeness (QED) is 0.662. The van der Waals surface area contributed by atoms with Crippen molar-refractivity contribution in [3.05, 3.63) is 101 Å². The maximum Gasteiger partial charge on any atom is 0.105 e. The van der Waals surface area contributed by atoms with E-state index in [9.17, 15) is 5.11 Å². The highest BCUT2D eigenvalue weighted by atomic mass is 16.3. The zero-order valence-electron chi connectivity index (χ0n) is 13.7. The second-order valence-electron chi connectivity index (χ2n) is 6.33. The molecule has 1 unspecified atom stereocenters. The van der Waals surface area contributed by atoms with E-state index in [2.05, 4.69) is 43.3 Å². The molecule has 0 amide bonds. The molecule has 0 spiro atoms. The topological polar surface area (TPSA) is 20.2 Å². The minimum Gasteiger partial charge on any atom is -0.384 e. The summed E-state index contributed by atoms with van der Waals surface area (Å²) >= 11 is 0. The Hall–Kier alpha value is -2.64. The van der Waals surface area contributed by atoms with Crippen LogP contribution in [-0.4, -0.2) is 5.11 Å². The summed E-state index contributed by atoms with van der Waals surface area (Å²) in [5.74, 6) is 0. The minimum atomic E-state index is -0.631. The van der Waals surface area contributed by atoms with Gasteiger partial charge in [-0.25, -0.2) is 0 Å². The molecule has 1 aliphatic carbocycles. The van der Waals surface area contributed by atoms with Crippen molar-refractivity contribution in [1.29, 1.82) is 0 Å². The number of aliphatic hydroxyl groups is 1. The van der Waals surface area contributed by atoms with Crippen LogP contribution >= 0.6 is 0 Å². The van der Waals surface area contributed by atoms with E-state index in [0.717, 1.165) is 33.9 Å². The molecule has 1 heteroatoms. The molecule has 3 aromatic carbocycles. The summed E-state index contributed by atoms with van der Waals surface area (Å²) in [6.45, 7) is 2.15. The molecule has 4 rings (SSSR count). The van der Waals surface area contributed by atoms with Gasteiger partial charge in [0.25, 0.3) is 0 Å². The van der Waals surface area contributed by atoms with Crippen LogP contribution in [0.3, 0.4) is 0 Å². The Balaban J connectivity index is 1.99. The Morgan fingerprint density at radius 1 is 0.875 bits per heavy atom. The summed E-state index contributed by atoms with van der Waals surface area (Å²) in [7, 11) is 0. The average molecular weight is 312 g/mol. The highest BCUT2D eigenvalue weighted by Crippen LogP contribution is 2.39. The summed E-state index contributed by atoms with van der Waals surface area (Å²) in [5, 5.41) is 13.5. The van der Waals surface area contributed by atoms with E-state index in [1.165, 1.54) is 11.1 Å². The molecule has 24 heavy (non-hydrogen) atoms. The molecule has 0 saturated heterocycles. The van der Waals surface area contributed by atoms with Crippen LogP contribution in [0.15, 0.2) is 84.5 Å². The van der Waals surface area contributed by atoms with Crippen LogP contribution in [0.25, 0.3) is 16.3 Å². The van der Waals surface area contributed by atoms with Crippen molar-refractivity contribution in [2.24, 2.45) is 0 Å². The molecule has 0 bridgehead atoms. The standard InChI is InChI=1S/C23H20O/c1-16-8-7-13-19(16)21-15-14-17-9-5-6-12-20(17)22(21)23(24)18-10-3-2-4-11-18/h2-12,14-15,23-24H,13H2,1H3. The van der Waals surface area contributed by atoms with E-state index >= 15 is 0 Å². The third kappa shape index (κ3) is 2.47. The Kier molecular flexibility index (Phi) is 3.79. The molecule has 0 radical (unpaired) electrons. The second kappa shape index (κ2) is 6.10. The Labute approximate surface area is 142 Å². The fraction of sp³-hybridized carbons (Fsp3) is 0.130. The molecule has 0 saturated carbocycles. The lowest BCUT2D eigenvalue weighted by atomic mass is 9.87. The summed E-state index contributed by atoms with van der Waals surface area (Å²) in [6.07, 6.45) is 4.66. The van der Waals surface area contributed by atoms with Crippen molar-refractivity contribution in [3.63, 3.8) is 0 Å². The van der Waals surface area contributed by atoms with Crippen LogP contribution in [0.2, 0.25) is 0 Å². The first-order valence-corrected chi connectivity index (χ1v) is 8.37.